The molecule has 0 amide bonds. The van der Waals surface area contributed by atoms with Crippen LogP contribution in [0.2, 0.25) is 0 Å². The van der Waals surface area contributed by atoms with Crippen molar-refractivity contribution >= 4 is 21.9 Å². The van der Waals surface area contributed by atoms with Crippen LogP contribution in [0, 0.1) is 0 Å². The van der Waals surface area contributed by atoms with Crippen molar-refractivity contribution in [2.45, 2.75) is 44.1 Å². The van der Waals surface area contributed by atoms with Gasteiger partial charge in [-0.2, -0.15) is 13.2 Å². The number of pyridine rings is 1. The Morgan fingerprint density at radius 1 is 1.19 bits per heavy atom. The predicted molar refractivity (Wildman–Crippen MR) is 98.2 cm³/mol. The Bertz CT molecular complexity index is 812. The first-order valence-electron chi connectivity index (χ1n) is 8.90. The lowest BCUT2D eigenvalue weighted by Crippen LogP contribution is -2.40. The molecule has 0 radical (unpaired) electrons. The molecule has 2 aliphatic rings. The molecule has 1 aliphatic carbocycles. The summed E-state index contributed by atoms with van der Waals surface area (Å²) in [5, 5.41) is 0. The average Bonchev–Trinajstić information content (AvgIpc) is 3.34. The molecule has 1 saturated carbocycles. The van der Waals surface area contributed by atoms with Crippen molar-refractivity contribution in [1.82, 2.24) is 19.9 Å². The number of alkyl halides is 3. The van der Waals surface area contributed by atoms with Crippen LogP contribution in [0.4, 0.5) is 19.1 Å². The van der Waals surface area contributed by atoms with Crippen molar-refractivity contribution in [3.8, 4) is 0 Å². The highest BCUT2D eigenvalue weighted by Crippen LogP contribution is 2.36. The molecule has 4 rings (SSSR count). The summed E-state index contributed by atoms with van der Waals surface area (Å²) in [7, 11) is 0. The molecule has 0 aromatic carbocycles. The van der Waals surface area contributed by atoms with Gasteiger partial charge in [-0.1, -0.05) is 0 Å². The first-order chi connectivity index (χ1) is 12.9. The summed E-state index contributed by atoms with van der Waals surface area (Å²) in [4.78, 5) is 16.5. The van der Waals surface area contributed by atoms with E-state index in [1.165, 1.54) is 6.20 Å². The molecule has 27 heavy (non-hydrogen) atoms. The molecule has 0 spiro atoms. The van der Waals surface area contributed by atoms with Crippen LogP contribution in [0.1, 0.15) is 30.5 Å². The van der Waals surface area contributed by atoms with Crippen LogP contribution in [-0.2, 0) is 12.7 Å². The summed E-state index contributed by atoms with van der Waals surface area (Å²) >= 11 is 3.43. The number of rotatable bonds is 5. The summed E-state index contributed by atoms with van der Waals surface area (Å²) in [5.74, 6) is 0.197. The van der Waals surface area contributed by atoms with Crippen molar-refractivity contribution in [3.63, 3.8) is 0 Å². The lowest BCUT2D eigenvalue weighted by molar-refractivity contribution is -0.141. The third-order valence-electron chi connectivity index (χ3n) is 4.91. The Balaban J connectivity index is 1.49. The Morgan fingerprint density at radius 2 is 2.00 bits per heavy atom. The van der Waals surface area contributed by atoms with E-state index in [0.29, 0.717) is 0 Å². The first-order valence-corrected chi connectivity index (χ1v) is 9.70. The van der Waals surface area contributed by atoms with E-state index in [-0.39, 0.29) is 18.0 Å². The van der Waals surface area contributed by atoms with Crippen LogP contribution >= 0.6 is 15.9 Å². The molecule has 2 aromatic heterocycles. The Kier molecular flexibility index (Phi) is 5.07. The molecular weight excluding hydrogens is 423 g/mol. The zero-order valence-electron chi connectivity index (χ0n) is 14.5. The topological polar surface area (TPSA) is 45.2 Å². The summed E-state index contributed by atoms with van der Waals surface area (Å²) in [6, 6.07) is 3.33. The number of halogens is 4. The normalized spacial score (nSPS) is 20.8. The molecule has 2 fully saturated rings. The highest BCUT2D eigenvalue weighted by atomic mass is 79.9. The SMILES string of the molecule is FC(F)(F)c1ccnc(N(C2CC2)C2CCN(Cc3cncc(Br)c3)C2)n1. The molecule has 0 N–H and O–H groups in total. The van der Waals surface area contributed by atoms with Gasteiger partial charge in [0.2, 0.25) is 5.95 Å². The maximum absolute atomic E-state index is 13.0. The molecule has 5 nitrogen and oxygen atoms in total. The van der Waals surface area contributed by atoms with E-state index in [1.807, 2.05) is 17.2 Å². The van der Waals surface area contributed by atoms with Gasteiger partial charge in [0.15, 0.2) is 0 Å². The van der Waals surface area contributed by atoms with Crippen molar-refractivity contribution in [2.24, 2.45) is 0 Å². The van der Waals surface area contributed by atoms with Crippen molar-refractivity contribution < 1.29 is 13.2 Å². The van der Waals surface area contributed by atoms with Gasteiger partial charge in [-0.15, -0.1) is 0 Å². The fraction of sp³-hybridized carbons (Fsp3) is 0.500. The maximum Gasteiger partial charge on any atom is 0.433 e. The van der Waals surface area contributed by atoms with Crippen LogP contribution in [0.25, 0.3) is 0 Å². The Morgan fingerprint density at radius 3 is 2.70 bits per heavy atom. The number of hydrogen-bond donors (Lipinski definition) is 0. The standard InChI is InChI=1S/C18H19BrF3N5/c19-13-7-12(8-23-9-13)10-26-6-4-15(11-26)27(14-1-2-14)17-24-5-3-16(25-17)18(20,21)22/h3,5,7-9,14-15H,1-2,4,6,10-11H2. The van der Waals surface area contributed by atoms with E-state index in [9.17, 15) is 13.2 Å². The van der Waals surface area contributed by atoms with Gasteiger partial charge in [-0.25, -0.2) is 9.97 Å². The van der Waals surface area contributed by atoms with E-state index in [4.69, 9.17) is 0 Å². The number of nitrogens with zero attached hydrogens (tertiary/aromatic N) is 5. The second-order valence-corrected chi connectivity index (χ2v) is 7.98. The molecule has 9 heteroatoms. The number of aromatic nitrogens is 3. The van der Waals surface area contributed by atoms with Crippen LogP contribution < -0.4 is 4.90 Å². The molecule has 144 valence electrons. The minimum atomic E-state index is -4.46. The van der Waals surface area contributed by atoms with Gasteiger partial charge in [0.25, 0.3) is 0 Å². The first kappa shape index (κ1) is 18.6. The number of anilines is 1. The fourth-order valence-electron chi connectivity index (χ4n) is 3.59. The zero-order valence-corrected chi connectivity index (χ0v) is 16.1. The summed E-state index contributed by atoms with van der Waals surface area (Å²) in [6.45, 7) is 2.44. The quantitative estimate of drug-likeness (QED) is 0.703. The van der Waals surface area contributed by atoms with E-state index in [1.54, 1.807) is 6.20 Å². The number of hydrogen-bond acceptors (Lipinski definition) is 5. The Hall–Kier alpha value is -1.74. The second-order valence-electron chi connectivity index (χ2n) is 7.07. The molecule has 1 atom stereocenters. The highest BCUT2D eigenvalue weighted by molar-refractivity contribution is 9.10. The molecule has 0 bridgehead atoms. The zero-order chi connectivity index (χ0) is 19.0. The minimum absolute atomic E-state index is 0.126. The van der Waals surface area contributed by atoms with Crippen LogP contribution in [0.5, 0.6) is 0 Å². The van der Waals surface area contributed by atoms with Crippen molar-refractivity contribution in [3.05, 3.63) is 46.5 Å². The van der Waals surface area contributed by atoms with Gasteiger partial charge < -0.3 is 4.90 Å². The van der Waals surface area contributed by atoms with E-state index in [2.05, 4.69) is 35.8 Å². The number of likely N-dealkylation sites (tertiary alicyclic amines) is 1. The van der Waals surface area contributed by atoms with E-state index in [0.717, 1.165) is 55.0 Å². The van der Waals surface area contributed by atoms with Gasteiger partial charge in [-0.05, 0) is 52.9 Å². The van der Waals surface area contributed by atoms with Crippen molar-refractivity contribution in [1.29, 1.82) is 0 Å². The van der Waals surface area contributed by atoms with Gasteiger partial charge in [0, 0.05) is 54.8 Å². The monoisotopic (exact) mass is 441 g/mol. The predicted octanol–water partition coefficient (Wildman–Crippen LogP) is 3.90. The van der Waals surface area contributed by atoms with Gasteiger partial charge in [-0.3, -0.25) is 9.88 Å². The molecule has 3 heterocycles. The van der Waals surface area contributed by atoms with Crippen LogP contribution in [-0.4, -0.2) is 45.0 Å². The molecular formula is C18H19BrF3N5. The van der Waals surface area contributed by atoms with Crippen LogP contribution in [0.15, 0.2) is 35.2 Å². The minimum Gasteiger partial charge on any atom is -0.334 e. The van der Waals surface area contributed by atoms with E-state index >= 15 is 0 Å². The van der Waals surface area contributed by atoms with Crippen molar-refractivity contribution in [2.75, 3.05) is 18.0 Å². The van der Waals surface area contributed by atoms with E-state index < -0.39 is 11.9 Å². The third-order valence-corrected chi connectivity index (χ3v) is 5.35. The molecule has 2 aromatic rings. The molecule has 1 aliphatic heterocycles. The molecule has 1 unspecified atom stereocenters. The smallest absolute Gasteiger partial charge is 0.334 e. The van der Waals surface area contributed by atoms with Gasteiger partial charge in [0.1, 0.15) is 5.69 Å². The summed E-state index contributed by atoms with van der Waals surface area (Å²) < 4.78 is 40.0. The average molecular weight is 442 g/mol. The second kappa shape index (κ2) is 7.35. The fourth-order valence-corrected chi connectivity index (χ4v) is 4.00. The van der Waals surface area contributed by atoms with Gasteiger partial charge in [0.05, 0.1) is 0 Å². The lowest BCUT2D eigenvalue weighted by atomic mass is 10.2. The summed E-state index contributed by atoms with van der Waals surface area (Å²) in [5.41, 5.74) is 0.228. The van der Waals surface area contributed by atoms with Crippen LogP contribution in [0.3, 0.4) is 0 Å². The lowest BCUT2D eigenvalue weighted by Gasteiger charge is -2.29. The summed E-state index contributed by atoms with van der Waals surface area (Å²) in [6.07, 6.45) is 3.18. The third kappa shape index (κ3) is 4.40. The van der Waals surface area contributed by atoms with Gasteiger partial charge >= 0.3 is 6.18 Å². The maximum atomic E-state index is 13.0. The molecule has 1 saturated heterocycles. The largest absolute Gasteiger partial charge is 0.433 e. The Labute approximate surface area is 163 Å². The highest BCUT2D eigenvalue weighted by Gasteiger charge is 2.40.